The molecule has 0 radical (unpaired) electrons. The molecule has 150 valence electrons. The SMILES string of the molecule is Cc1ccc(N(c2ccccc2)c2ccc(Nc3ccc4ccccc4c3)cc2)cc1. The highest BCUT2D eigenvalue weighted by Crippen LogP contribution is 2.35. The van der Waals surface area contributed by atoms with Crippen molar-refractivity contribution < 1.29 is 0 Å². The van der Waals surface area contributed by atoms with Crippen LogP contribution in [0.3, 0.4) is 0 Å². The highest BCUT2D eigenvalue weighted by atomic mass is 15.1. The minimum Gasteiger partial charge on any atom is -0.356 e. The van der Waals surface area contributed by atoms with Crippen LogP contribution in [0.15, 0.2) is 121 Å². The molecule has 0 amide bonds. The van der Waals surface area contributed by atoms with E-state index in [0.29, 0.717) is 0 Å². The molecule has 0 aliphatic carbocycles. The van der Waals surface area contributed by atoms with Crippen molar-refractivity contribution in [1.29, 1.82) is 0 Å². The number of hydrogen-bond acceptors (Lipinski definition) is 2. The first-order valence-electron chi connectivity index (χ1n) is 10.5. The van der Waals surface area contributed by atoms with E-state index in [9.17, 15) is 0 Å². The van der Waals surface area contributed by atoms with E-state index in [1.807, 2.05) is 6.07 Å². The van der Waals surface area contributed by atoms with Gasteiger partial charge in [0.25, 0.3) is 0 Å². The summed E-state index contributed by atoms with van der Waals surface area (Å²) in [6, 6.07) is 42.6. The van der Waals surface area contributed by atoms with Crippen molar-refractivity contribution in [2.75, 3.05) is 10.2 Å². The average molecular weight is 401 g/mol. The van der Waals surface area contributed by atoms with Crippen molar-refractivity contribution in [3.8, 4) is 0 Å². The molecule has 5 aromatic carbocycles. The van der Waals surface area contributed by atoms with Gasteiger partial charge in [-0.2, -0.15) is 0 Å². The largest absolute Gasteiger partial charge is 0.356 e. The molecule has 0 bridgehead atoms. The molecule has 2 nitrogen and oxygen atoms in total. The molecule has 2 heteroatoms. The Hall–Kier alpha value is -4.04. The van der Waals surface area contributed by atoms with Crippen molar-refractivity contribution in [2.24, 2.45) is 0 Å². The van der Waals surface area contributed by atoms with E-state index in [0.717, 1.165) is 28.4 Å². The molecule has 0 aliphatic rings. The summed E-state index contributed by atoms with van der Waals surface area (Å²) in [6.45, 7) is 2.11. The van der Waals surface area contributed by atoms with Gasteiger partial charge in [0, 0.05) is 28.4 Å². The van der Waals surface area contributed by atoms with E-state index < -0.39 is 0 Å². The third kappa shape index (κ3) is 4.15. The number of rotatable bonds is 5. The summed E-state index contributed by atoms with van der Waals surface area (Å²) in [7, 11) is 0. The number of nitrogens with zero attached hydrogens (tertiary/aromatic N) is 1. The van der Waals surface area contributed by atoms with Crippen molar-refractivity contribution in [3.05, 3.63) is 127 Å². The van der Waals surface area contributed by atoms with Gasteiger partial charge in [0.1, 0.15) is 0 Å². The van der Waals surface area contributed by atoms with Gasteiger partial charge < -0.3 is 10.2 Å². The van der Waals surface area contributed by atoms with Crippen molar-refractivity contribution in [2.45, 2.75) is 6.92 Å². The van der Waals surface area contributed by atoms with Crippen LogP contribution >= 0.6 is 0 Å². The quantitative estimate of drug-likeness (QED) is 0.319. The standard InChI is InChI=1S/C29H24N2/c1-22-11-17-28(18-12-22)31(27-9-3-2-4-10-27)29-19-15-25(16-20-29)30-26-14-13-23-7-5-6-8-24(23)21-26/h2-21,30H,1H3. The number of hydrogen-bond donors (Lipinski definition) is 1. The Morgan fingerprint density at radius 1 is 0.484 bits per heavy atom. The summed E-state index contributed by atoms with van der Waals surface area (Å²) in [5.41, 5.74) is 6.82. The molecule has 0 aliphatic heterocycles. The Morgan fingerprint density at radius 2 is 1.03 bits per heavy atom. The molecule has 0 spiro atoms. The summed E-state index contributed by atoms with van der Waals surface area (Å²) in [6.07, 6.45) is 0. The van der Waals surface area contributed by atoms with Gasteiger partial charge in [-0.3, -0.25) is 0 Å². The number of benzene rings is 5. The zero-order chi connectivity index (χ0) is 21.0. The van der Waals surface area contributed by atoms with Crippen LogP contribution in [0.5, 0.6) is 0 Å². The number of para-hydroxylation sites is 1. The highest BCUT2D eigenvalue weighted by Gasteiger charge is 2.12. The summed E-state index contributed by atoms with van der Waals surface area (Å²) in [5, 5.41) is 6.02. The molecule has 0 unspecified atom stereocenters. The van der Waals surface area contributed by atoms with E-state index in [4.69, 9.17) is 0 Å². The Labute approximate surface area is 183 Å². The first kappa shape index (κ1) is 19.0. The normalized spacial score (nSPS) is 10.7. The Kier molecular flexibility index (Phi) is 5.12. The molecule has 5 aromatic rings. The lowest BCUT2D eigenvalue weighted by molar-refractivity contribution is 1.27. The fourth-order valence-electron chi connectivity index (χ4n) is 3.85. The molecular formula is C29H24N2. The van der Waals surface area contributed by atoms with Gasteiger partial charge in [-0.15, -0.1) is 0 Å². The molecule has 0 saturated heterocycles. The van der Waals surface area contributed by atoms with Crippen LogP contribution in [0, 0.1) is 6.92 Å². The van der Waals surface area contributed by atoms with E-state index in [-0.39, 0.29) is 0 Å². The van der Waals surface area contributed by atoms with E-state index in [1.165, 1.54) is 16.3 Å². The zero-order valence-corrected chi connectivity index (χ0v) is 17.5. The predicted octanol–water partition coefficient (Wildman–Crippen LogP) is 8.36. The number of aryl methyl sites for hydroxylation is 1. The fraction of sp³-hybridized carbons (Fsp3) is 0.0345. The van der Waals surface area contributed by atoms with E-state index >= 15 is 0 Å². The van der Waals surface area contributed by atoms with Crippen LogP contribution in [-0.2, 0) is 0 Å². The predicted molar refractivity (Wildman–Crippen MR) is 133 cm³/mol. The molecular weight excluding hydrogens is 376 g/mol. The molecule has 0 aromatic heterocycles. The van der Waals surface area contributed by atoms with Crippen LogP contribution in [0.2, 0.25) is 0 Å². The fourth-order valence-corrected chi connectivity index (χ4v) is 3.85. The molecule has 0 saturated carbocycles. The Balaban J connectivity index is 1.45. The molecule has 1 N–H and O–H groups in total. The van der Waals surface area contributed by atoms with Gasteiger partial charge in [0.05, 0.1) is 0 Å². The van der Waals surface area contributed by atoms with Crippen LogP contribution in [-0.4, -0.2) is 0 Å². The van der Waals surface area contributed by atoms with E-state index in [2.05, 4.69) is 132 Å². The van der Waals surface area contributed by atoms with Crippen molar-refractivity contribution >= 4 is 39.2 Å². The molecule has 31 heavy (non-hydrogen) atoms. The van der Waals surface area contributed by atoms with E-state index in [1.54, 1.807) is 0 Å². The van der Waals surface area contributed by atoms with Gasteiger partial charge in [-0.1, -0.05) is 66.2 Å². The summed E-state index contributed by atoms with van der Waals surface area (Å²) in [5.74, 6) is 0. The third-order valence-electron chi connectivity index (χ3n) is 5.47. The minimum atomic E-state index is 1.07. The monoisotopic (exact) mass is 400 g/mol. The molecule has 0 heterocycles. The number of anilines is 5. The van der Waals surface area contributed by atoms with Gasteiger partial charge in [0.15, 0.2) is 0 Å². The summed E-state index contributed by atoms with van der Waals surface area (Å²) >= 11 is 0. The van der Waals surface area contributed by atoms with Crippen LogP contribution in [0.1, 0.15) is 5.56 Å². The number of nitrogens with one attached hydrogen (secondary N) is 1. The average Bonchev–Trinajstić information content (AvgIpc) is 2.82. The first-order chi connectivity index (χ1) is 15.3. The summed E-state index contributed by atoms with van der Waals surface area (Å²) < 4.78 is 0. The first-order valence-corrected chi connectivity index (χ1v) is 10.5. The van der Waals surface area contributed by atoms with Gasteiger partial charge in [0.2, 0.25) is 0 Å². The topological polar surface area (TPSA) is 15.3 Å². The highest BCUT2D eigenvalue weighted by molar-refractivity contribution is 5.86. The second-order valence-corrected chi connectivity index (χ2v) is 7.74. The smallest absolute Gasteiger partial charge is 0.0463 e. The second kappa shape index (κ2) is 8.37. The molecule has 0 fully saturated rings. The van der Waals surface area contributed by atoms with Crippen LogP contribution < -0.4 is 10.2 Å². The number of fused-ring (bicyclic) bond motifs is 1. The zero-order valence-electron chi connectivity index (χ0n) is 17.5. The van der Waals surface area contributed by atoms with Crippen molar-refractivity contribution in [3.63, 3.8) is 0 Å². The maximum atomic E-state index is 3.53. The maximum absolute atomic E-state index is 3.53. The lowest BCUT2D eigenvalue weighted by Crippen LogP contribution is -2.09. The molecule has 0 atom stereocenters. The van der Waals surface area contributed by atoms with Crippen LogP contribution in [0.25, 0.3) is 10.8 Å². The second-order valence-electron chi connectivity index (χ2n) is 7.74. The van der Waals surface area contributed by atoms with Crippen LogP contribution in [0.4, 0.5) is 28.4 Å². The van der Waals surface area contributed by atoms with Gasteiger partial charge in [-0.25, -0.2) is 0 Å². The summed E-state index contributed by atoms with van der Waals surface area (Å²) in [4.78, 5) is 2.28. The van der Waals surface area contributed by atoms with Gasteiger partial charge >= 0.3 is 0 Å². The van der Waals surface area contributed by atoms with Crippen molar-refractivity contribution in [1.82, 2.24) is 0 Å². The third-order valence-corrected chi connectivity index (χ3v) is 5.47. The lowest BCUT2D eigenvalue weighted by Gasteiger charge is -2.25. The Morgan fingerprint density at radius 3 is 1.74 bits per heavy atom. The Bertz CT molecular complexity index is 1290. The maximum Gasteiger partial charge on any atom is 0.0463 e. The molecule has 5 rings (SSSR count). The minimum absolute atomic E-state index is 1.07. The lowest BCUT2D eigenvalue weighted by atomic mass is 10.1. The van der Waals surface area contributed by atoms with Gasteiger partial charge in [-0.05, 0) is 78.4 Å².